The van der Waals surface area contributed by atoms with Crippen molar-refractivity contribution >= 4 is 34.6 Å². The van der Waals surface area contributed by atoms with Crippen molar-refractivity contribution in [1.82, 2.24) is 20.1 Å². The Hall–Kier alpha value is -4.09. The Kier molecular flexibility index (Phi) is 9.17. The highest BCUT2D eigenvalue weighted by molar-refractivity contribution is 7.09. The largest absolute Gasteiger partial charge is 0.463 e. The number of nitrogen functional groups attached to an aromatic ring is 1. The van der Waals surface area contributed by atoms with Gasteiger partial charge in [-0.1, -0.05) is 24.3 Å². The fourth-order valence-electron chi connectivity index (χ4n) is 3.81. The zero-order chi connectivity index (χ0) is 26.9. The van der Waals surface area contributed by atoms with Crippen molar-refractivity contribution in [3.8, 4) is 0 Å². The monoisotopic (exact) mass is 536 g/mol. The number of nitrogens with two attached hydrogens (primary N) is 1. The molecule has 0 spiro atoms. The lowest BCUT2D eigenvalue weighted by atomic mass is 10.0. The number of amides is 3. The fourth-order valence-corrected chi connectivity index (χ4v) is 4.48. The van der Waals surface area contributed by atoms with Gasteiger partial charge in [0.15, 0.2) is 12.0 Å². The average molecular weight is 537 g/mol. The Morgan fingerprint density at radius 1 is 1.16 bits per heavy atom. The Balaban J connectivity index is 1.38. The lowest BCUT2D eigenvalue weighted by Crippen LogP contribution is -2.41. The minimum atomic E-state index is -0.351. The predicted octanol–water partition coefficient (Wildman–Crippen LogP) is 4.40. The van der Waals surface area contributed by atoms with Crippen LogP contribution in [0, 0.1) is 0 Å². The smallest absolute Gasteiger partial charge is 0.324 e. The van der Waals surface area contributed by atoms with E-state index in [0.717, 1.165) is 36.9 Å². The first-order valence-electron chi connectivity index (χ1n) is 12.3. The maximum absolute atomic E-state index is 13.2. The van der Waals surface area contributed by atoms with E-state index in [-0.39, 0.29) is 23.5 Å². The molecule has 0 saturated carbocycles. The second-order valence-corrected chi connectivity index (χ2v) is 9.86. The van der Waals surface area contributed by atoms with Gasteiger partial charge < -0.3 is 30.3 Å². The summed E-state index contributed by atoms with van der Waals surface area (Å²) in [6, 6.07) is 3.09. The number of carbonyl (C=O) groups excluding carboxylic acids is 2. The van der Waals surface area contributed by atoms with Gasteiger partial charge in [0.25, 0.3) is 5.91 Å². The fraction of sp³-hybridized carbons (Fsp3) is 0.296. The number of ether oxygens (including phenoxy) is 2. The molecule has 2 aromatic rings. The van der Waals surface area contributed by atoms with Crippen LogP contribution >= 0.6 is 11.3 Å². The van der Waals surface area contributed by atoms with Crippen LogP contribution in [0.3, 0.4) is 0 Å². The summed E-state index contributed by atoms with van der Waals surface area (Å²) in [4.78, 5) is 33.8. The number of allylic oxidation sites excluding steroid dienone is 4. The molecular weight excluding hydrogens is 504 g/mol. The summed E-state index contributed by atoms with van der Waals surface area (Å²) in [5.41, 5.74) is 8.96. The first-order valence-corrected chi connectivity index (χ1v) is 13.2. The number of pyridine rings is 1. The summed E-state index contributed by atoms with van der Waals surface area (Å²) >= 11 is 1.41. The van der Waals surface area contributed by atoms with Crippen molar-refractivity contribution in [3.05, 3.63) is 88.3 Å². The highest BCUT2D eigenvalue weighted by Crippen LogP contribution is 2.26. The topological polar surface area (TPSA) is 122 Å². The molecule has 0 saturated heterocycles. The van der Waals surface area contributed by atoms with Crippen molar-refractivity contribution in [2.75, 3.05) is 38.2 Å². The molecule has 0 atom stereocenters. The lowest BCUT2D eigenvalue weighted by molar-refractivity contribution is 0.102. The number of carbonyl (C=O) groups is 2. The number of aromatic nitrogens is 1. The molecule has 0 aromatic carbocycles. The molecule has 0 unspecified atom stereocenters. The number of hydrogen-bond acceptors (Lipinski definition) is 8. The number of nitrogens with one attached hydrogen (secondary N) is 2. The first kappa shape index (κ1) is 27.0. The molecule has 0 bridgehead atoms. The van der Waals surface area contributed by atoms with Crippen LogP contribution in [0.5, 0.6) is 0 Å². The summed E-state index contributed by atoms with van der Waals surface area (Å²) < 4.78 is 11.3. The van der Waals surface area contributed by atoms with Crippen LogP contribution in [-0.2, 0) is 16.0 Å². The summed E-state index contributed by atoms with van der Waals surface area (Å²) in [5.74, 6) is 0.447. The SMILES string of the molecule is CN(C)CCCN(Cc1ccc(C(=O)Nc2cscc2N)nc1)C(=O)NC1=COC=C(C2=CC=CCC2)O1. The summed E-state index contributed by atoms with van der Waals surface area (Å²) in [6.45, 7) is 1.64. The van der Waals surface area contributed by atoms with Crippen molar-refractivity contribution in [1.29, 1.82) is 0 Å². The van der Waals surface area contributed by atoms with Crippen LogP contribution < -0.4 is 16.4 Å². The Labute approximate surface area is 226 Å². The normalized spacial score (nSPS) is 14.6. The molecule has 3 heterocycles. The molecule has 11 heteroatoms. The third-order valence-electron chi connectivity index (χ3n) is 5.82. The van der Waals surface area contributed by atoms with Crippen molar-refractivity contribution in [2.24, 2.45) is 0 Å². The number of anilines is 2. The number of nitrogens with zero attached hydrogens (tertiary/aromatic N) is 3. The number of hydrogen-bond donors (Lipinski definition) is 3. The molecule has 2 aromatic heterocycles. The third kappa shape index (κ3) is 7.46. The van der Waals surface area contributed by atoms with E-state index in [1.165, 1.54) is 23.9 Å². The van der Waals surface area contributed by atoms with Gasteiger partial charge >= 0.3 is 6.03 Å². The average Bonchev–Trinajstić information content (AvgIpc) is 3.32. The van der Waals surface area contributed by atoms with E-state index in [9.17, 15) is 9.59 Å². The number of thiophene rings is 1. The molecule has 1 aliphatic heterocycles. The molecule has 10 nitrogen and oxygen atoms in total. The van der Waals surface area contributed by atoms with E-state index < -0.39 is 0 Å². The maximum atomic E-state index is 13.2. The molecule has 2 aliphatic rings. The van der Waals surface area contributed by atoms with Crippen LogP contribution in [-0.4, -0.2) is 53.9 Å². The zero-order valence-corrected chi connectivity index (χ0v) is 22.3. The molecule has 200 valence electrons. The third-order valence-corrected chi connectivity index (χ3v) is 6.58. The molecule has 0 radical (unpaired) electrons. The maximum Gasteiger partial charge on any atom is 0.324 e. The van der Waals surface area contributed by atoms with E-state index in [0.29, 0.717) is 30.2 Å². The first-order chi connectivity index (χ1) is 18.4. The van der Waals surface area contributed by atoms with E-state index in [1.807, 2.05) is 26.2 Å². The quantitative estimate of drug-likeness (QED) is 0.411. The van der Waals surface area contributed by atoms with Gasteiger partial charge in [0.2, 0.25) is 5.88 Å². The Bertz CT molecular complexity index is 1260. The van der Waals surface area contributed by atoms with Crippen LogP contribution in [0.2, 0.25) is 0 Å². The second-order valence-electron chi connectivity index (χ2n) is 9.12. The van der Waals surface area contributed by atoms with Gasteiger partial charge in [-0.05, 0) is 57.1 Å². The summed E-state index contributed by atoms with van der Waals surface area (Å²) in [6.07, 6.45) is 13.1. The minimum absolute atomic E-state index is 0.221. The van der Waals surface area contributed by atoms with Gasteiger partial charge in [-0.2, -0.15) is 0 Å². The van der Waals surface area contributed by atoms with E-state index in [2.05, 4.69) is 26.6 Å². The van der Waals surface area contributed by atoms with Crippen LogP contribution in [0.25, 0.3) is 0 Å². The highest BCUT2D eigenvalue weighted by atomic mass is 32.1. The molecule has 4 rings (SSSR count). The molecule has 4 N–H and O–H groups in total. The van der Waals surface area contributed by atoms with Crippen molar-refractivity contribution < 1.29 is 19.1 Å². The van der Waals surface area contributed by atoms with Gasteiger partial charge in [-0.25, -0.2) is 4.79 Å². The van der Waals surface area contributed by atoms with Crippen LogP contribution in [0.4, 0.5) is 16.2 Å². The Morgan fingerprint density at radius 3 is 2.71 bits per heavy atom. The number of rotatable bonds is 10. The second kappa shape index (κ2) is 12.9. The summed E-state index contributed by atoms with van der Waals surface area (Å²) in [7, 11) is 3.98. The van der Waals surface area contributed by atoms with E-state index in [4.69, 9.17) is 15.2 Å². The minimum Gasteiger partial charge on any atom is -0.463 e. The standard InChI is InChI=1S/C27H32N6O4S/c1-32(2)11-6-12-33(27(35)31-25-16-36-15-24(37-25)20-7-4-3-5-8-20)14-19-9-10-22(29-13-19)26(34)30-23-18-38-17-21(23)28/h3-4,7,9-10,13,15-18H,5-6,8,11-12,14,28H2,1-2H3,(H,30,34)(H,31,35). The van der Waals surface area contributed by atoms with Gasteiger partial charge in [0, 0.05) is 30.0 Å². The van der Waals surface area contributed by atoms with Gasteiger partial charge in [-0.3, -0.25) is 15.1 Å². The van der Waals surface area contributed by atoms with Crippen LogP contribution in [0.15, 0.2) is 77.1 Å². The zero-order valence-electron chi connectivity index (χ0n) is 21.5. The highest BCUT2D eigenvalue weighted by Gasteiger charge is 2.21. The van der Waals surface area contributed by atoms with Crippen molar-refractivity contribution in [2.45, 2.75) is 25.8 Å². The van der Waals surface area contributed by atoms with E-state index >= 15 is 0 Å². The molecule has 38 heavy (non-hydrogen) atoms. The van der Waals surface area contributed by atoms with Crippen molar-refractivity contribution in [3.63, 3.8) is 0 Å². The van der Waals surface area contributed by atoms with Gasteiger partial charge in [0.1, 0.15) is 12.0 Å². The van der Waals surface area contributed by atoms with Gasteiger partial charge in [0.05, 0.1) is 11.4 Å². The van der Waals surface area contributed by atoms with Gasteiger partial charge in [-0.15, -0.1) is 11.3 Å². The van der Waals surface area contributed by atoms with E-state index in [1.54, 1.807) is 34.0 Å². The molecular formula is C27H32N6O4S. The lowest BCUT2D eigenvalue weighted by Gasteiger charge is -2.26. The molecule has 0 fully saturated rings. The predicted molar refractivity (Wildman–Crippen MR) is 148 cm³/mol. The summed E-state index contributed by atoms with van der Waals surface area (Å²) in [5, 5.41) is 9.09. The van der Waals surface area contributed by atoms with Crippen LogP contribution in [0.1, 0.15) is 35.3 Å². The molecule has 1 aliphatic carbocycles. The Morgan fingerprint density at radius 2 is 2.03 bits per heavy atom. The molecule has 3 amide bonds. The number of urea groups is 1.